The molecule has 0 radical (unpaired) electrons. The summed E-state index contributed by atoms with van der Waals surface area (Å²) in [5.41, 5.74) is 5.40. The average Bonchev–Trinajstić information content (AvgIpc) is 3.03. The molecule has 0 atom stereocenters. The molecular formula is C37H63N5O4S2. The van der Waals surface area contributed by atoms with E-state index in [1.165, 1.54) is 25.7 Å². The smallest absolute Gasteiger partial charge is 0.339 e. The van der Waals surface area contributed by atoms with Crippen molar-refractivity contribution in [3.63, 3.8) is 0 Å². The Hall–Kier alpha value is -2.44. The number of unbranched alkanes of at least 4 members (excludes halogenated alkanes) is 4. The number of hydrazine groups is 1. The minimum atomic E-state index is -3.90. The van der Waals surface area contributed by atoms with E-state index >= 15 is 0 Å². The van der Waals surface area contributed by atoms with E-state index in [9.17, 15) is 13.2 Å². The van der Waals surface area contributed by atoms with Crippen LogP contribution in [0.1, 0.15) is 107 Å². The molecule has 1 aliphatic heterocycles. The lowest BCUT2D eigenvalue weighted by Crippen LogP contribution is -2.40. The number of nitrogens with one attached hydrogen (secondary N) is 2. The molecule has 0 saturated carbocycles. The highest BCUT2D eigenvalue weighted by molar-refractivity contribution is 8.00. The molecule has 0 unspecified atom stereocenters. The maximum Gasteiger partial charge on any atom is 0.339 e. The van der Waals surface area contributed by atoms with Crippen LogP contribution in [0.25, 0.3) is 0 Å². The highest BCUT2D eigenvalue weighted by Gasteiger charge is 2.19. The lowest BCUT2D eigenvalue weighted by atomic mass is 10.1. The van der Waals surface area contributed by atoms with E-state index in [1.54, 1.807) is 61.2 Å². The first-order valence-electron chi connectivity index (χ1n) is 17.5. The Labute approximate surface area is 296 Å². The molecule has 0 saturated heterocycles. The van der Waals surface area contributed by atoms with Crippen LogP contribution < -0.4 is 20.8 Å². The fraction of sp³-hybridized carbons (Fsp3) is 0.622. The Kier molecular flexibility index (Phi) is 21.6. The maximum absolute atomic E-state index is 12.7. The van der Waals surface area contributed by atoms with E-state index in [-0.39, 0.29) is 4.90 Å². The summed E-state index contributed by atoms with van der Waals surface area (Å²) >= 11 is 1.63. The number of Topliss-reactive ketones (excluding diaryl/α,β-unsaturated/α-hetero) is 1. The normalized spacial score (nSPS) is 12.6. The molecule has 2 aromatic rings. The van der Waals surface area contributed by atoms with Crippen LogP contribution in [0.4, 0.5) is 11.4 Å². The van der Waals surface area contributed by atoms with Gasteiger partial charge in [0.15, 0.2) is 0 Å². The molecule has 11 heteroatoms. The number of carbonyl (C=O) groups excluding carboxylic acids is 1. The van der Waals surface area contributed by atoms with Gasteiger partial charge in [-0.3, -0.25) is 21.2 Å². The van der Waals surface area contributed by atoms with Gasteiger partial charge in [-0.2, -0.15) is 8.42 Å². The van der Waals surface area contributed by atoms with E-state index in [0.717, 1.165) is 72.5 Å². The summed E-state index contributed by atoms with van der Waals surface area (Å²) in [4.78, 5) is 18.5. The number of nitrogens with zero attached hydrogens (tertiary/aromatic N) is 2. The van der Waals surface area contributed by atoms with Gasteiger partial charge in [-0.25, -0.2) is 0 Å². The summed E-state index contributed by atoms with van der Waals surface area (Å²) in [6.07, 6.45) is 7.83. The van der Waals surface area contributed by atoms with E-state index in [1.807, 2.05) is 6.92 Å². The van der Waals surface area contributed by atoms with E-state index in [4.69, 9.17) is 10.0 Å². The Morgan fingerprint density at radius 1 is 0.958 bits per heavy atom. The molecule has 3 rings (SSSR count). The van der Waals surface area contributed by atoms with Gasteiger partial charge in [0.25, 0.3) is 0 Å². The van der Waals surface area contributed by atoms with E-state index in [0.29, 0.717) is 23.6 Å². The predicted octanol–water partition coefficient (Wildman–Crippen LogP) is 8.61. The number of anilines is 1. The van der Waals surface area contributed by atoms with Gasteiger partial charge < -0.3 is 14.3 Å². The standard InChI is InChI=1S/C23H31N3O3S2.C9H20N2O.C5H12/c1-16(2)26(17(3)4)13-12-24-19-6-9-21(10-7-19)31(27,28)29-20-8-11-22-23(14-20)30-15-18(5)25-22;1-9(12)7-5-3-2-4-6-8-11-10;1-4-5(2)3/h6-11,14,16-17,24H,12-13,15H2,1-5H3;11H,2-8,10H2,1H3;5H,4H2,1-3H3. The topological polar surface area (TPSA) is 126 Å². The zero-order chi connectivity index (χ0) is 36.1. The number of thioether (sulfide) groups is 1. The van der Waals surface area contributed by atoms with Crippen LogP contribution in [0.5, 0.6) is 5.75 Å². The molecule has 0 aromatic heterocycles. The highest BCUT2D eigenvalue weighted by atomic mass is 32.2. The Morgan fingerprint density at radius 2 is 1.56 bits per heavy atom. The number of hydrogen-bond acceptors (Lipinski definition) is 10. The van der Waals surface area contributed by atoms with Crippen molar-refractivity contribution < 1.29 is 17.4 Å². The van der Waals surface area contributed by atoms with Gasteiger partial charge in [-0.05, 0) is 103 Å². The van der Waals surface area contributed by atoms with Gasteiger partial charge >= 0.3 is 10.1 Å². The van der Waals surface area contributed by atoms with Crippen molar-refractivity contribution in [2.24, 2.45) is 16.8 Å². The SMILES string of the molecule is CC(=O)CCCCCCCNN.CC1=Nc2ccc(OS(=O)(=O)c3ccc(NCCN(C(C)C)C(C)C)cc3)cc2SC1.CCC(C)C. The fourth-order valence-electron chi connectivity index (χ4n) is 4.66. The van der Waals surface area contributed by atoms with Crippen molar-refractivity contribution in [3.05, 3.63) is 42.5 Å². The molecule has 9 nitrogen and oxygen atoms in total. The molecule has 272 valence electrons. The maximum atomic E-state index is 12.7. The third kappa shape index (κ3) is 18.4. The first kappa shape index (κ1) is 43.6. The zero-order valence-electron chi connectivity index (χ0n) is 31.0. The number of aliphatic imine (C=N–C) groups is 1. The number of rotatable bonds is 18. The van der Waals surface area contributed by atoms with Crippen molar-refractivity contribution in [1.29, 1.82) is 0 Å². The van der Waals surface area contributed by atoms with Gasteiger partial charge in [-0.15, -0.1) is 11.8 Å². The largest absolute Gasteiger partial charge is 0.384 e. The van der Waals surface area contributed by atoms with Crippen LogP contribution in [-0.2, 0) is 14.9 Å². The Bertz CT molecular complexity index is 1320. The fourth-order valence-corrected chi connectivity index (χ4v) is 6.47. The van der Waals surface area contributed by atoms with Gasteiger partial charge in [0.1, 0.15) is 16.4 Å². The van der Waals surface area contributed by atoms with Crippen LogP contribution >= 0.6 is 11.8 Å². The zero-order valence-corrected chi connectivity index (χ0v) is 32.6. The second-order valence-corrected chi connectivity index (χ2v) is 15.7. The third-order valence-electron chi connectivity index (χ3n) is 7.72. The third-order valence-corrected chi connectivity index (χ3v) is 10.2. The van der Waals surface area contributed by atoms with Crippen molar-refractivity contribution in [3.8, 4) is 5.75 Å². The number of carbonyl (C=O) groups is 1. The molecule has 2 aromatic carbocycles. The first-order chi connectivity index (χ1) is 22.7. The second kappa shape index (κ2) is 23.8. The minimum Gasteiger partial charge on any atom is -0.384 e. The van der Waals surface area contributed by atoms with E-state index < -0.39 is 10.1 Å². The quantitative estimate of drug-likeness (QED) is 0.0605. The van der Waals surface area contributed by atoms with Gasteiger partial charge in [0.05, 0.1) is 5.69 Å². The van der Waals surface area contributed by atoms with Gasteiger partial charge in [0, 0.05) is 60.2 Å². The van der Waals surface area contributed by atoms with Gasteiger partial charge in [0.2, 0.25) is 0 Å². The highest BCUT2D eigenvalue weighted by Crippen LogP contribution is 2.37. The first-order valence-corrected chi connectivity index (χ1v) is 19.9. The number of benzene rings is 2. The Balaban J connectivity index is 0.000000562. The van der Waals surface area contributed by atoms with Crippen molar-refractivity contribution in [2.75, 3.05) is 30.7 Å². The molecule has 0 aliphatic carbocycles. The molecule has 4 N–H and O–H groups in total. The summed E-state index contributed by atoms with van der Waals surface area (Å²) in [7, 11) is -3.90. The average molecular weight is 706 g/mol. The molecule has 0 fully saturated rings. The lowest BCUT2D eigenvalue weighted by Gasteiger charge is -2.30. The minimum absolute atomic E-state index is 0.128. The van der Waals surface area contributed by atoms with Crippen molar-refractivity contribution >= 4 is 44.7 Å². The van der Waals surface area contributed by atoms with Crippen LogP contribution in [0.2, 0.25) is 0 Å². The van der Waals surface area contributed by atoms with Gasteiger partial charge in [-0.1, -0.05) is 46.5 Å². The molecule has 0 spiro atoms. The number of hydrogen-bond donors (Lipinski definition) is 3. The number of nitrogens with two attached hydrogens (primary N) is 1. The Morgan fingerprint density at radius 3 is 2.12 bits per heavy atom. The van der Waals surface area contributed by atoms with Crippen LogP contribution in [0.3, 0.4) is 0 Å². The summed E-state index contributed by atoms with van der Waals surface area (Å²) < 4.78 is 30.8. The van der Waals surface area contributed by atoms with Crippen LogP contribution in [0.15, 0.2) is 57.2 Å². The molecule has 0 bridgehead atoms. The van der Waals surface area contributed by atoms with Crippen LogP contribution in [-0.4, -0.2) is 62.3 Å². The van der Waals surface area contributed by atoms with Crippen molar-refractivity contribution in [1.82, 2.24) is 10.3 Å². The summed E-state index contributed by atoms with van der Waals surface area (Å²) in [6, 6.07) is 12.8. The number of ketones is 1. The molecule has 1 aliphatic rings. The number of fused-ring (bicyclic) bond motifs is 1. The summed E-state index contributed by atoms with van der Waals surface area (Å²) in [5, 5.41) is 3.36. The van der Waals surface area contributed by atoms with Crippen molar-refractivity contribution in [2.45, 2.75) is 129 Å². The summed E-state index contributed by atoms with van der Waals surface area (Å²) in [6.45, 7) is 21.6. The summed E-state index contributed by atoms with van der Waals surface area (Å²) in [5.74, 6) is 7.40. The molecule has 1 heterocycles. The lowest BCUT2D eigenvalue weighted by molar-refractivity contribution is -0.117. The van der Waals surface area contributed by atoms with E-state index in [2.05, 4.69) is 69.1 Å². The molecular weight excluding hydrogens is 643 g/mol. The molecule has 0 amide bonds. The second-order valence-electron chi connectivity index (χ2n) is 13.2. The molecule has 48 heavy (non-hydrogen) atoms. The predicted molar refractivity (Wildman–Crippen MR) is 205 cm³/mol. The monoisotopic (exact) mass is 705 g/mol. The van der Waals surface area contributed by atoms with Crippen LogP contribution in [0, 0.1) is 5.92 Å².